The molecule has 2 heterocycles. The van der Waals surface area contributed by atoms with Crippen molar-refractivity contribution in [2.24, 2.45) is 4.99 Å². The molecule has 2 aliphatic heterocycles. The Kier molecular flexibility index (Phi) is 2.15. The van der Waals surface area contributed by atoms with E-state index in [-0.39, 0.29) is 0 Å². The van der Waals surface area contributed by atoms with E-state index in [1.807, 2.05) is 0 Å². The highest BCUT2D eigenvalue weighted by Gasteiger charge is 2.14. The molecule has 2 nitrogen and oxygen atoms in total. The van der Waals surface area contributed by atoms with Crippen molar-refractivity contribution in [1.29, 1.82) is 0 Å². The van der Waals surface area contributed by atoms with Crippen LogP contribution in [0.5, 0.6) is 0 Å². The summed E-state index contributed by atoms with van der Waals surface area (Å²) in [5.74, 6) is 1.19. The van der Waals surface area contributed by atoms with Crippen LogP contribution in [0.2, 0.25) is 0 Å². The second kappa shape index (κ2) is 3.30. The van der Waals surface area contributed by atoms with Crippen LogP contribution in [0, 0.1) is 0 Å². The molecule has 0 aliphatic carbocycles. The van der Waals surface area contributed by atoms with Gasteiger partial charge in [0, 0.05) is 12.3 Å². The number of rotatable bonds is 0. The highest BCUT2D eigenvalue weighted by atomic mass is 15.0. The van der Waals surface area contributed by atoms with Gasteiger partial charge < -0.3 is 5.32 Å². The molecule has 0 aromatic heterocycles. The van der Waals surface area contributed by atoms with Crippen LogP contribution in [0.4, 0.5) is 0 Å². The molecule has 0 amide bonds. The fourth-order valence-electron chi connectivity index (χ4n) is 1.85. The molecular weight excluding hydrogens is 148 g/mol. The Hall–Kier alpha value is -0.790. The predicted molar refractivity (Wildman–Crippen MR) is 51.2 cm³/mol. The largest absolute Gasteiger partial charge is 0.370 e. The Labute approximate surface area is 73.8 Å². The molecule has 0 fully saturated rings. The lowest BCUT2D eigenvalue weighted by Gasteiger charge is -2.15. The fraction of sp³-hybridized carbons (Fsp3) is 0.700. The first-order valence-corrected chi connectivity index (χ1v) is 4.86. The molecule has 0 saturated carbocycles. The quantitative estimate of drug-likeness (QED) is 0.583. The monoisotopic (exact) mass is 164 g/mol. The van der Waals surface area contributed by atoms with Crippen LogP contribution in [0.15, 0.2) is 16.4 Å². The molecular formula is C10H16N2. The molecule has 0 aromatic carbocycles. The molecule has 12 heavy (non-hydrogen) atoms. The van der Waals surface area contributed by atoms with Gasteiger partial charge in [0.05, 0.1) is 0 Å². The van der Waals surface area contributed by atoms with E-state index in [2.05, 4.69) is 17.2 Å². The van der Waals surface area contributed by atoms with Crippen LogP contribution in [0.3, 0.4) is 0 Å². The molecule has 0 spiro atoms. The van der Waals surface area contributed by atoms with E-state index in [1.54, 1.807) is 5.57 Å². The second-order valence-corrected chi connectivity index (χ2v) is 3.68. The van der Waals surface area contributed by atoms with E-state index in [9.17, 15) is 0 Å². The van der Waals surface area contributed by atoms with Crippen molar-refractivity contribution in [3.05, 3.63) is 11.4 Å². The van der Waals surface area contributed by atoms with Crippen molar-refractivity contribution in [1.82, 2.24) is 5.32 Å². The lowest BCUT2D eigenvalue weighted by atomic mass is 10.0. The zero-order valence-electron chi connectivity index (χ0n) is 7.69. The summed E-state index contributed by atoms with van der Waals surface area (Å²) in [5.41, 5.74) is 2.83. The zero-order chi connectivity index (χ0) is 8.39. The average Bonchev–Trinajstić information content (AvgIpc) is 2.28. The van der Waals surface area contributed by atoms with Crippen LogP contribution in [-0.4, -0.2) is 12.3 Å². The molecule has 2 heteroatoms. The summed E-state index contributed by atoms with van der Waals surface area (Å²) < 4.78 is 0. The molecule has 0 unspecified atom stereocenters. The van der Waals surface area contributed by atoms with Crippen LogP contribution in [0.25, 0.3) is 0 Å². The minimum absolute atomic E-state index is 1.11. The molecule has 0 radical (unpaired) electrons. The Morgan fingerprint density at radius 3 is 3.00 bits per heavy atom. The van der Waals surface area contributed by atoms with E-state index >= 15 is 0 Å². The van der Waals surface area contributed by atoms with Gasteiger partial charge in [-0.25, -0.2) is 4.99 Å². The van der Waals surface area contributed by atoms with Gasteiger partial charge in [-0.3, -0.25) is 0 Å². The third kappa shape index (κ3) is 1.52. The van der Waals surface area contributed by atoms with E-state index in [4.69, 9.17) is 0 Å². The summed E-state index contributed by atoms with van der Waals surface area (Å²) in [4.78, 5) is 4.55. The molecule has 1 N–H and O–H groups in total. The fourth-order valence-corrected chi connectivity index (χ4v) is 1.85. The average molecular weight is 164 g/mol. The van der Waals surface area contributed by atoms with Gasteiger partial charge >= 0.3 is 0 Å². The van der Waals surface area contributed by atoms with Crippen LogP contribution < -0.4 is 5.32 Å². The van der Waals surface area contributed by atoms with Crippen molar-refractivity contribution in [2.45, 2.75) is 39.0 Å². The Morgan fingerprint density at radius 2 is 2.08 bits per heavy atom. The van der Waals surface area contributed by atoms with Crippen molar-refractivity contribution in [2.75, 3.05) is 6.54 Å². The van der Waals surface area contributed by atoms with Crippen LogP contribution in [0.1, 0.15) is 39.0 Å². The Bertz CT molecular complexity index is 238. The molecule has 0 atom stereocenters. The number of nitrogens with zero attached hydrogens (tertiary/aromatic N) is 1. The number of hydrogen-bond donors (Lipinski definition) is 1. The molecule has 0 aromatic rings. The number of hydrogen-bond acceptors (Lipinski definition) is 2. The minimum atomic E-state index is 1.11. The van der Waals surface area contributed by atoms with Gasteiger partial charge in [0.15, 0.2) is 0 Å². The van der Waals surface area contributed by atoms with Crippen molar-refractivity contribution >= 4 is 5.71 Å². The second-order valence-electron chi connectivity index (χ2n) is 3.68. The maximum absolute atomic E-state index is 4.55. The van der Waals surface area contributed by atoms with E-state index in [0.717, 1.165) is 6.54 Å². The Balaban J connectivity index is 2.21. The van der Waals surface area contributed by atoms with Gasteiger partial charge in [0.2, 0.25) is 0 Å². The summed E-state index contributed by atoms with van der Waals surface area (Å²) >= 11 is 0. The van der Waals surface area contributed by atoms with Crippen LogP contribution >= 0.6 is 0 Å². The summed E-state index contributed by atoms with van der Waals surface area (Å²) in [5, 5.41) is 3.41. The topological polar surface area (TPSA) is 24.4 Å². The standard InChI is InChI=1S/C10H16N2/c1-8-5-6-9-4-2-3-7-11-10(9)12-8/h11H,2-7H2,1H3. The van der Waals surface area contributed by atoms with Crippen molar-refractivity contribution in [3.8, 4) is 0 Å². The maximum Gasteiger partial charge on any atom is 0.124 e. The van der Waals surface area contributed by atoms with Gasteiger partial charge in [-0.05, 0) is 44.6 Å². The van der Waals surface area contributed by atoms with Gasteiger partial charge in [-0.1, -0.05) is 0 Å². The van der Waals surface area contributed by atoms with Gasteiger partial charge in [0.25, 0.3) is 0 Å². The van der Waals surface area contributed by atoms with E-state index in [0.29, 0.717) is 0 Å². The number of allylic oxidation sites excluding steroid dienone is 1. The molecule has 2 aliphatic rings. The lowest BCUT2D eigenvalue weighted by molar-refractivity contribution is 0.712. The van der Waals surface area contributed by atoms with Gasteiger partial charge in [0.1, 0.15) is 5.82 Å². The molecule has 0 saturated heterocycles. The molecule has 0 bridgehead atoms. The normalized spacial score (nSPS) is 23.9. The summed E-state index contributed by atoms with van der Waals surface area (Å²) in [6.07, 6.45) is 6.29. The smallest absolute Gasteiger partial charge is 0.124 e. The highest BCUT2D eigenvalue weighted by Crippen LogP contribution is 2.24. The number of nitrogens with one attached hydrogen (secondary N) is 1. The predicted octanol–water partition coefficient (Wildman–Crippen LogP) is 2.23. The number of aliphatic imine (C=N–C) groups is 1. The van der Waals surface area contributed by atoms with Gasteiger partial charge in [-0.2, -0.15) is 0 Å². The third-order valence-electron chi connectivity index (χ3n) is 2.62. The lowest BCUT2D eigenvalue weighted by Crippen LogP contribution is -2.16. The first kappa shape index (κ1) is 7.84. The molecule has 2 rings (SSSR count). The zero-order valence-corrected chi connectivity index (χ0v) is 7.69. The summed E-state index contributed by atoms with van der Waals surface area (Å²) in [7, 11) is 0. The highest BCUT2D eigenvalue weighted by molar-refractivity contribution is 5.84. The maximum atomic E-state index is 4.55. The van der Waals surface area contributed by atoms with E-state index in [1.165, 1.54) is 43.6 Å². The Morgan fingerprint density at radius 1 is 1.17 bits per heavy atom. The van der Waals surface area contributed by atoms with Crippen molar-refractivity contribution in [3.63, 3.8) is 0 Å². The molecule has 66 valence electrons. The van der Waals surface area contributed by atoms with Crippen LogP contribution in [-0.2, 0) is 0 Å². The first-order valence-electron chi connectivity index (χ1n) is 4.86. The van der Waals surface area contributed by atoms with Crippen molar-refractivity contribution < 1.29 is 0 Å². The summed E-state index contributed by atoms with van der Waals surface area (Å²) in [6, 6.07) is 0. The SMILES string of the molecule is CC1=NC2=C(CCCCN2)CC1. The first-order chi connectivity index (χ1) is 5.86. The van der Waals surface area contributed by atoms with Gasteiger partial charge in [-0.15, -0.1) is 0 Å². The summed E-state index contributed by atoms with van der Waals surface area (Å²) in [6.45, 7) is 3.23. The third-order valence-corrected chi connectivity index (χ3v) is 2.62. The minimum Gasteiger partial charge on any atom is -0.370 e. The van der Waals surface area contributed by atoms with E-state index < -0.39 is 0 Å².